The first-order chi connectivity index (χ1) is 10.2. The second-order valence-electron chi connectivity index (χ2n) is 5.32. The van der Waals surface area contributed by atoms with Crippen molar-refractivity contribution in [3.05, 3.63) is 23.8 Å². The van der Waals surface area contributed by atoms with Crippen LogP contribution in [-0.4, -0.2) is 17.7 Å². The summed E-state index contributed by atoms with van der Waals surface area (Å²) in [6.07, 6.45) is 3.50. The molecule has 0 atom stereocenters. The number of nitrogens with two attached hydrogens (primary N) is 1. The second kappa shape index (κ2) is 7.37. The summed E-state index contributed by atoms with van der Waals surface area (Å²) in [6, 6.07) is 8.55. The van der Waals surface area contributed by atoms with Crippen molar-refractivity contribution < 1.29 is 4.79 Å². The topological polar surface area (TPSA) is 78.9 Å². The molecular weight excluding hydrogens is 282 g/mol. The van der Waals surface area contributed by atoms with Gasteiger partial charge in [-0.2, -0.15) is 5.26 Å². The van der Waals surface area contributed by atoms with Crippen molar-refractivity contribution in [1.82, 2.24) is 0 Å². The highest BCUT2D eigenvalue weighted by Gasteiger charge is 2.25. The van der Waals surface area contributed by atoms with Gasteiger partial charge in [-0.15, -0.1) is 11.8 Å². The largest absolute Gasteiger partial charge is 0.381 e. The molecule has 0 spiro atoms. The molecule has 1 amide bonds. The smallest absolute Gasteiger partial charge is 0.220 e. The minimum Gasteiger partial charge on any atom is -0.381 e. The number of benzene rings is 1. The molecule has 0 aliphatic heterocycles. The highest BCUT2D eigenvalue weighted by Crippen LogP contribution is 2.31. The van der Waals surface area contributed by atoms with E-state index < -0.39 is 0 Å². The van der Waals surface area contributed by atoms with Gasteiger partial charge in [0.2, 0.25) is 5.91 Å². The van der Waals surface area contributed by atoms with Crippen LogP contribution >= 0.6 is 11.8 Å². The van der Waals surface area contributed by atoms with Gasteiger partial charge >= 0.3 is 0 Å². The molecule has 1 aromatic carbocycles. The molecule has 2 rings (SSSR count). The number of thioether (sulfide) groups is 1. The van der Waals surface area contributed by atoms with E-state index in [1.165, 1.54) is 0 Å². The maximum absolute atomic E-state index is 11.2. The van der Waals surface area contributed by atoms with Gasteiger partial charge in [-0.1, -0.05) is 13.0 Å². The molecular formula is C16H21N3OS. The molecule has 0 aromatic heterocycles. The van der Waals surface area contributed by atoms with Crippen LogP contribution in [0.3, 0.4) is 0 Å². The Morgan fingerprint density at radius 2 is 2.14 bits per heavy atom. The van der Waals surface area contributed by atoms with Crippen LogP contribution in [0, 0.1) is 17.2 Å². The SMILES string of the molecule is CCSc1cccc(NC2CCC(C(N)=O)CC2)c1C#N. The third kappa shape index (κ3) is 3.92. The summed E-state index contributed by atoms with van der Waals surface area (Å²) in [5, 5.41) is 12.9. The van der Waals surface area contributed by atoms with Crippen LogP contribution in [-0.2, 0) is 4.79 Å². The van der Waals surface area contributed by atoms with Gasteiger partial charge in [0, 0.05) is 16.9 Å². The van der Waals surface area contributed by atoms with Crippen molar-refractivity contribution in [3.8, 4) is 6.07 Å². The molecule has 4 nitrogen and oxygen atoms in total. The van der Waals surface area contributed by atoms with Crippen molar-refractivity contribution in [3.63, 3.8) is 0 Å². The number of nitrogens with zero attached hydrogens (tertiary/aromatic N) is 1. The van der Waals surface area contributed by atoms with E-state index in [-0.39, 0.29) is 11.8 Å². The highest BCUT2D eigenvalue weighted by molar-refractivity contribution is 7.99. The summed E-state index contributed by atoms with van der Waals surface area (Å²) in [4.78, 5) is 12.2. The first kappa shape index (κ1) is 15.7. The van der Waals surface area contributed by atoms with Gasteiger partial charge in [-0.05, 0) is 43.6 Å². The number of nitrogens with one attached hydrogen (secondary N) is 1. The Morgan fingerprint density at radius 3 is 2.71 bits per heavy atom. The summed E-state index contributed by atoms with van der Waals surface area (Å²) >= 11 is 1.68. The van der Waals surface area contributed by atoms with Crippen LogP contribution in [0.1, 0.15) is 38.2 Å². The van der Waals surface area contributed by atoms with Gasteiger partial charge in [0.1, 0.15) is 6.07 Å². The fourth-order valence-electron chi connectivity index (χ4n) is 2.78. The number of carbonyl (C=O) groups excluding carboxylic acids is 1. The quantitative estimate of drug-likeness (QED) is 0.819. The maximum Gasteiger partial charge on any atom is 0.220 e. The minimum absolute atomic E-state index is 0.0143. The summed E-state index contributed by atoms with van der Waals surface area (Å²) in [6.45, 7) is 2.08. The fourth-order valence-corrected chi connectivity index (χ4v) is 3.57. The average Bonchev–Trinajstić information content (AvgIpc) is 2.48. The van der Waals surface area contributed by atoms with E-state index in [0.717, 1.165) is 47.6 Å². The Morgan fingerprint density at radius 1 is 1.43 bits per heavy atom. The summed E-state index contributed by atoms with van der Waals surface area (Å²) < 4.78 is 0. The third-order valence-corrected chi connectivity index (χ3v) is 4.87. The molecule has 112 valence electrons. The number of hydrogen-bond donors (Lipinski definition) is 2. The Kier molecular flexibility index (Phi) is 5.51. The van der Waals surface area contributed by atoms with Gasteiger partial charge < -0.3 is 11.1 Å². The molecule has 1 aliphatic carbocycles. The van der Waals surface area contributed by atoms with E-state index in [0.29, 0.717) is 6.04 Å². The monoisotopic (exact) mass is 303 g/mol. The first-order valence-electron chi connectivity index (χ1n) is 7.37. The predicted molar refractivity (Wildman–Crippen MR) is 86.1 cm³/mol. The molecule has 5 heteroatoms. The number of rotatable bonds is 5. The Bertz CT molecular complexity index is 545. The number of nitriles is 1. The lowest BCUT2D eigenvalue weighted by Crippen LogP contribution is -2.32. The molecule has 1 saturated carbocycles. The molecule has 21 heavy (non-hydrogen) atoms. The number of hydrogen-bond acceptors (Lipinski definition) is 4. The molecule has 0 bridgehead atoms. The van der Waals surface area contributed by atoms with Crippen LogP contribution < -0.4 is 11.1 Å². The molecule has 1 fully saturated rings. The Hall–Kier alpha value is -1.67. The Labute approximate surface area is 130 Å². The predicted octanol–water partition coefficient (Wildman–Crippen LogP) is 3.13. The summed E-state index contributed by atoms with van der Waals surface area (Å²) in [5.41, 5.74) is 6.98. The molecule has 3 N–H and O–H groups in total. The summed E-state index contributed by atoms with van der Waals surface area (Å²) in [7, 11) is 0. The van der Waals surface area contributed by atoms with Crippen molar-refractivity contribution in [2.24, 2.45) is 11.7 Å². The zero-order chi connectivity index (χ0) is 15.2. The molecule has 1 aliphatic rings. The van der Waals surface area contributed by atoms with Crippen molar-refractivity contribution in [2.75, 3.05) is 11.1 Å². The van der Waals surface area contributed by atoms with E-state index in [1.807, 2.05) is 18.2 Å². The molecule has 0 unspecified atom stereocenters. The zero-order valence-electron chi connectivity index (χ0n) is 12.3. The molecule has 0 heterocycles. The molecule has 1 aromatic rings. The lowest BCUT2D eigenvalue weighted by atomic mass is 9.85. The van der Waals surface area contributed by atoms with Crippen molar-refractivity contribution in [2.45, 2.75) is 43.5 Å². The van der Waals surface area contributed by atoms with E-state index in [4.69, 9.17) is 5.73 Å². The highest BCUT2D eigenvalue weighted by atomic mass is 32.2. The molecule has 0 saturated heterocycles. The van der Waals surface area contributed by atoms with E-state index in [1.54, 1.807) is 11.8 Å². The van der Waals surface area contributed by atoms with Crippen LogP contribution in [0.5, 0.6) is 0 Å². The van der Waals surface area contributed by atoms with Crippen LogP contribution in [0.4, 0.5) is 5.69 Å². The normalized spacial score (nSPS) is 21.5. The van der Waals surface area contributed by atoms with Crippen molar-refractivity contribution in [1.29, 1.82) is 5.26 Å². The number of carbonyl (C=O) groups is 1. The zero-order valence-corrected chi connectivity index (χ0v) is 13.1. The number of primary amides is 1. The first-order valence-corrected chi connectivity index (χ1v) is 8.36. The third-order valence-electron chi connectivity index (χ3n) is 3.93. The standard InChI is InChI=1S/C16H21N3OS/c1-2-21-15-5-3-4-14(13(15)10-17)19-12-8-6-11(7-9-12)16(18)20/h3-5,11-12,19H,2,6-9H2,1H3,(H2,18,20). The van der Waals surface area contributed by atoms with E-state index >= 15 is 0 Å². The lowest BCUT2D eigenvalue weighted by molar-refractivity contribution is -0.122. The second-order valence-corrected chi connectivity index (χ2v) is 6.62. The van der Waals surface area contributed by atoms with Crippen LogP contribution in [0.15, 0.2) is 23.1 Å². The number of anilines is 1. The molecule has 0 radical (unpaired) electrons. The maximum atomic E-state index is 11.2. The van der Waals surface area contributed by atoms with Gasteiger partial charge in [0.15, 0.2) is 0 Å². The van der Waals surface area contributed by atoms with Crippen molar-refractivity contribution >= 4 is 23.4 Å². The van der Waals surface area contributed by atoms with Gasteiger partial charge in [0.05, 0.1) is 11.3 Å². The van der Waals surface area contributed by atoms with E-state index in [2.05, 4.69) is 18.3 Å². The Balaban J connectivity index is 2.05. The van der Waals surface area contributed by atoms with E-state index in [9.17, 15) is 10.1 Å². The fraction of sp³-hybridized carbons (Fsp3) is 0.500. The van der Waals surface area contributed by atoms with Crippen LogP contribution in [0.25, 0.3) is 0 Å². The van der Waals surface area contributed by atoms with Gasteiger partial charge in [-0.25, -0.2) is 0 Å². The minimum atomic E-state index is -0.187. The number of amides is 1. The summed E-state index contributed by atoms with van der Waals surface area (Å²) in [5.74, 6) is 0.773. The average molecular weight is 303 g/mol. The lowest BCUT2D eigenvalue weighted by Gasteiger charge is -2.28. The van der Waals surface area contributed by atoms with Crippen LogP contribution in [0.2, 0.25) is 0 Å². The van der Waals surface area contributed by atoms with Gasteiger partial charge in [-0.3, -0.25) is 4.79 Å². The van der Waals surface area contributed by atoms with Gasteiger partial charge in [0.25, 0.3) is 0 Å².